The zero-order chi connectivity index (χ0) is 13.4. The lowest BCUT2D eigenvalue weighted by atomic mass is 10.2. The summed E-state index contributed by atoms with van der Waals surface area (Å²) in [6, 6.07) is 8.27. The number of hydrogen-bond donors (Lipinski definition) is 0. The molecule has 3 rings (SSSR count). The number of benzene rings is 1. The van der Waals surface area contributed by atoms with E-state index in [2.05, 4.69) is 0 Å². The van der Waals surface area contributed by atoms with Crippen LogP contribution in [0.15, 0.2) is 30.5 Å². The van der Waals surface area contributed by atoms with Gasteiger partial charge in [0.2, 0.25) is 5.91 Å². The Bertz CT molecular complexity index is 616. The van der Waals surface area contributed by atoms with E-state index in [4.69, 9.17) is 11.6 Å². The molecule has 3 nitrogen and oxygen atoms in total. The van der Waals surface area contributed by atoms with E-state index in [0.29, 0.717) is 17.6 Å². The van der Waals surface area contributed by atoms with E-state index < -0.39 is 0 Å². The monoisotopic (exact) mass is 276 g/mol. The lowest BCUT2D eigenvalue weighted by molar-refractivity contribution is -0.132. The third-order valence-electron chi connectivity index (χ3n) is 3.69. The van der Waals surface area contributed by atoms with Crippen molar-refractivity contribution in [3.8, 4) is 0 Å². The molecule has 0 unspecified atom stereocenters. The van der Waals surface area contributed by atoms with Gasteiger partial charge in [-0.15, -0.1) is 0 Å². The van der Waals surface area contributed by atoms with Crippen LogP contribution in [0, 0.1) is 0 Å². The Morgan fingerprint density at radius 3 is 2.89 bits per heavy atom. The highest BCUT2D eigenvalue weighted by molar-refractivity contribution is 6.31. The predicted octanol–water partition coefficient (Wildman–Crippen LogP) is 3.31. The number of amides is 1. The fourth-order valence-corrected chi connectivity index (χ4v) is 2.72. The molecule has 1 aromatic carbocycles. The van der Waals surface area contributed by atoms with Crippen LogP contribution in [-0.4, -0.2) is 28.0 Å². The number of aromatic nitrogens is 1. The maximum absolute atomic E-state index is 12.3. The molecule has 0 radical (unpaired) electrons. The van der Waals surface area contributed by atoms with Crippen LogP contribution in [-0.2, 0) is 11.3 Å². The van der Waals surface area contributed by atoms with Gasteiger partial charge in [0.25, 0.3) is 0 Å². The highest BCUT2D eigenvalue weighted by Gasteiger charge is 2.31. The molecule has 1 amide bonds. The summed E-state index contributed by atoms with van der Waals surface area (Å²) in [4.78, 5) is 14.3. The largest absolute Gasteiger partial charge is 0.338 e. The molecule has 4 heteroatoms. The summed E-state index contributed by atoms with van der Waals surface area (Å²) in [6.45, 7) is 3.23. The smallest absolute Gasteiger partial charge is 0.242 e. The predicted molar refractivity (Wildman–Crippen MR) is 77.4 cm³/mol. The van der Waals surface area contributed by atoms with Gasteiger partial charge in [0.05, 0.1) is 0 Å². The van der Waals surface area contributed by atoms with Crippen LogP contribution >= 0.6 is 11.6 Å². The van der Waals surface area contributed by atoms with E-state index >= 15 is 0 Å². The first kappa shape index (κ1) is 12.5. The molecule has 1 aliphatic carbocycles. The van der Waals surface area contributed by atoms with E-state index in [9.17, 15) is 4.79 Å². The third kappa shape index (κ3) is 2.47. The van der Waals surface area contributed by atoms with Crippen molar-refractivity contribution in [2.75, 3.05) is 6.54 Å². The van der Waals surface area contributed by atoms with Crippen molar-refractivity contribution in [2.45, 2.75) is 32.4 Å². The summed E-state index contributed by atoms with van der Waals surface area (Å²) in [6.07, 6.45) is 4.26. The summed E-state index contributed by atoms with van der Waals surface area (Å²) >= 11 is 6.03. The topological polar surface area (TPSA) is 25.2 Å². The molecule has 100 valence electrons. The number of fused-ring (bicyclic) bond motifs is 1. The van der Waals surface area contributed by atoms with E-state index in [1.54, 1.807) is 0 Å². The average Bonchev–Trinajstić information content (AvgIpc) is 3.14. The normalized spacial score (nSPS) is 14.8. The lowest BCUT2D eigenvalue weighted by Gasteiger charge is -2.20. The standard InChI is InChI=1S/C15H17ClN2O/c1-2-18(13-5-6-13)15(19)10-17-8-7-11-3-4-12(16)9-14(11)17/h3-4,7-9,13H,2,5-6,10H2,1H3. The van der Waals surface area contributed by atoms with Crippen molar-refractivity contribution >= 4 is 28.4 Å². The van der Waals surface area contributed by atoms with Gasteiger partial charge in [-0.25, -0.2) is 0 Å². The molecular formula is C15H17ClN2O. The second-order valence-corrected chi connectivity index (χ2v) is 5.49. The molecule has 1 aliphatic rings. The summed E-state index contributed by atoms with van der Waals surface area (Å²) in [5, 5.41) is 1.82. The minimum Gasteiger partial charge on any atom is -0.338 e. The molecule has 1 aromatic heterocycles. The molecule has 0 bridgehead atoms. The zero-order valence-corrected chi connectivity index (χ0v) is 11.7. The van der Waals surface area contributed by atoms with Gasteiger partial charge in [-0.3, -0.25) is 4.79 Å². The first-order chi connectivity index (χ1) is 9.19. The van der Waals surface area contributed by atoms with Gasteiger partial charge in [0.15, 0.2) is 0 Å². The van der Waals surface area contributed by atoms with E-state index in [1.165, 1.54) is 0 Å². The fourth-order valence-electron chi connectivity index (χ4n) is 2.56. The zero-order valence-electron chi connectivity index (χ0n) is 11.0. The number of carbonyl (C=O) groups is 1. The van der Waals surface area contributed by atoms with Gasteiger partial charge in [-0.2, -0.15) is 0 Å². The molecule has 1 heterocycles. The Morgan fingerprint density at radius 2 is 2.21 bits per heavy atom. The molecule has 0 spiro atoms. The van der Waals surface area contributed by atoms with Crippen LogP contribution in [0.4, 0.5) is 0 Å². The molecular weight excluding hydrogens is 260 g/mol. The number of nitrogens with zero attached hydrogens (tertiary/aromatic N) is 2. The minimum atomic E-state index is 0.197. The van der Waals surface area contributed by atoms with Crippen LogP contribution < -0.4 is 0 Å². The van der Waals surface area contributed by atoms with Crippen molar-refractivity contribution in [3.05, 3.63) is 35.5 Å². The van der Waals surface area contributed by atoms with E-state index in [-0.39, 0.29) is 5.91 Å². The van der Waals surface area contributed by atoms with Gasteiger partial charge < -0.3 is 9.47 Å². The van der Waals surface area contributed by atoms with Gasteiger partial charge >= 0.3 is 0 Å². The highest BCUT2D eigenvalue weighted by atomic mass is 35.5. The quantitative estimate of drug-likeness (QED) is 0.841. The van der Waals surface area contributed by atoms with E-state index in [1.807, 2.05) is 46.9 Å². The van der Waals surface area contributed by atoms with Gasteiger partial charge in [-0.05, 0) is 43.4 Å². The summed E-state index contributed by atoms with van der Waals surface area (Å²) in [7, 11) is 0. The Morgan fingerprint density at radius 1 is 1.42 bits per heavy atom. The molecule has 2 aromatic rings. The Balaban J connectivity index is 1.84. The van der Waals surface area contributed by atoms with Crippen LogP contribution in [0.1, 0.15) is 19.8 Å². The summed E-state index contributed by atoms with van der Waals surface area (Å²) in [5.74, 6) is 0.197. The van der Waals surface area contributed by atoms with Crippen molar-refractivity contribution in [1.29, 1.82) is 0 Å². The third-order valence-corrected chi connectivity index (χ3v) is 3.93. The number of carbonyl (C=O) groups excluding carboxylic acids is 1. The van der Waals surface area contributed by atoms with Crippen molar-refractivity contribution < 1.29 is 4.79 Å². The summed E-state index contributed by atoms with van der Waals surface area (Å²) < 4.78 is 1.98. The summed E-state index contributed by atoms with van der Waals surface area (Å²) in [5.41, 5.74) is 1.02. The SMILES string of the molecule is CCN(C(=O)Cn1ccc2ccc(Cl)cc21)C1CC1. The second-order valence-electron chi connectivity index (χ2n) is 5.06. The van der Waals surface area contributed by atoms with Gasteiger partial charge in [0, 0.05) is 29.3 Å². The first-order valence-corrected chi connectivity index (χ1v) is 7.10. The Kier molecular flexibility index (Phi) is 3.23. The molecule has 19 heavy (non-hydrogen) atoms. The molecule has 0 N–H and O–H groups in total. The van der Waals surface area contributed by atoms with E-state index in [0.717, 1.165) is 30.3 Å². The maximum atomic E-state index is 12.3. The Hall–Kier alpha value is -1.48. The minimum absolute atomic E-state index is 0.197. The number of rotatable bonds is 4. The molecule has 0 aliphatic heterocycles. The van der Waals surface area contributed by atoms with Gasteiger partial charge in [-0.1, -0.05) is 17.7 Å². The van der Waals surface area contributed by atoms with Crippen LogP contribution in [0.2, 0.25) is 5.02 Å². The molecule has 1 saturated carbocycles. The van der Waals surface area contributed by atoms with Crippen LogP contribution in [0.3, 0.4) is 0 Å². The Labute approximate surface area is 117 Å². The van der Waals surface area contributed by atoms with Crippen molar-refractivity contribution in [3.63, 3.8) is 0 Å². The van der Waals surface area contributed by atoms with Crippen molar-refractivity contribution in [2.24, 2.45) is 0 Å². The first-order valence-electron chi connectivity index (χ1n) is 6.73. The fraction of sp³-hybridized carbons (Fsp3) is 0.400. The molecule has 0 saturated heterocycles. The van der Waals surface area contributed by atoms with Crippen LogP contribution in [0.25, 0.3) is 10.9 Å². The highest BCUT2D eigenvalue weighted by Crippen LogP contribution is 2.27. The van der Waals surface area contributed by atoms with Crippen molar-refractivity contribution in [1.82, 2.24) is 9.47 Å². The van der Waals surface area contributed by atoms with Gasteiger partial charge in [0.1, 0.15) is 6.54 Å². The maximum Gasteiger partial charge on any atom is 0.242 e. The molecule has 0 atom stereocenters. The number of hydrogen-bond acceptors (Lipinski definition) is 1. The number of halogens is 1. The molecule has 1 fully saturated rings. The lowest BCUT2D eigenvalue weighted by Crippen LogP contribution is -2.35. The van der Waals surface area contributed by atoms with Crippen LogP contribution in [0.5, 0.6) is 0 Å². The average molecular weight is 277 g/mol. The number of likely N-dealkylation sites (N-methyl/N-ethyl adjacent to an activating group) is 1. The second kappa shape index (κ2) is 4.89.